The fraction of sp³-hybridized carbons (Fsp3) is 0.273. The summed E-state index contributed by atoms with van der Waals surface area (Å²) >= 11 is 1.74. The van der Waals surface area contributed by atoms with Crippen molar-refractivity contribution in [1.82, 2.24) is 14.8 Å². The van der Waals surface area contributed by atoms with Crippen LogP contribution in [0.1, 0.15) is 5.69 Å². The molecule has 2 aromatic heterocycles. The largest absolute Gasteiger partial charge is 0.373 e. The number of hydrogen-bond acceptors (Lipinski definition) is 4. The van der Waals surface area contributed by atoms with Crippen molar-refractivity contribution in [3.8, 4) is 0 Å². The van der Waals surface area contributed by atoms with E-state index in [2.05, 4.69) is 15.4 Å². The predicted octanol–water partition coefficient (Wildman–Crippen LogP) is 2.15. The van der Waals surface area contributed by atoms with E-state index in [1.165, 1.54) is 4.90 Å². The minimum atomic E-state index is 0.862. The number of nitrogens with zero attached hydrogens (tertiary/aromatic N) is 3. The van der Waals surface area contributed by atoms with E-state index in [-0.39, 0.29) is 0 Å². The van der Waals surface area contributed by atoms with E-state index in [0.717, 1.165) is 17.3 Å². The van der Waals surface area contributed by atoms with Gasteiger partial charge in [0.05, 0.1) is 11.9 Å². The van der Waals surface area contributed by atoms with Crippen LogP contribution in [0.2, 0.25) is 0 Å². The molecule has 84 valence electrons. The van der Waals surface area contributed by atoms with Crippen LogP contribution in [0.25, 0.3) is 0 Å². The van der Waals surface area contributed by atoms with Crippen LogP contribution < -0.4 is 5.32 Å². The van der Waals surface area contributed by atoms with Gasteiger partial charge in [0.2, 0.25) is 0 Å². The number of pyridine rings is 1. The zero-order valence-electron chi connectivity index (χ0n) is 9.34. The average Bonchev–Trinajstić information content (AvgIpc) is 2.73. The molecule has 16 heavy (non-hydrogen) atoms. The molecule has 0 fully saturated rings. The lowest BCUT2D eigenvalue weighted by atomic mass is 10.4. The summed E-state index contributed by atoms with van der Waals surface area (Å²) in [5, 5.41) is 7.16. The molecule has 4 nitrogen and oxygen atoms in total. The van der Waals surface area contributed by atoms with Gasteiger partial charge >= 0.3 is 0 Å². The first-order valence-corrected chi connectivity index (χ1v) is 6.01. The smallest absolute Gasteiger partial charge is 0.125 e. The molecule has 2 rings (SSSR count). The number of thioether (sulfide) groups is 1. The number of aromatic nitrogens is 3. The molecule has 0 atom stereocenters. The molecular weight excluding hydrogens is 220 g/mol. The number of nitrogens with one attached hydrogen (secondary N) is 1. The Kier molecular flexibility index (Phi) is 3.46. The minimum absolute atomic E-state index is 0.862. The predicted molar refractivity (Wildman–Crippen MR) is 66.6 cm³/mol. The average molecular weight is 234 g/mol. The molecule has 0 aliphatic heterocycles. The summed E-state index contributed by atoms with van der Waals surface area (Å²) in [5.41, 5.74) is 1.07. The first-order valence-electron chi connectivity index (χ1n) is 5.03. The summed E-state index contributed by atoms with van der Waals surface area (Å²) in [7, 11) is 3.80. The van der Waals surface area contributed by atoms with Crippen molar-refractivity contribution < 1.29 is 0 Å². The Bertz CT molecular complexity index is 467. The molecule has 0 aliphatic rings. The summed E-state index contributed by atoms with van der Waals surface area (Å²) in [6.07, 6.45) is 3.87. The Hall–Kier alpha value is -1.49. The molecular formula is C11H14N4S. The van der Waals surface area contributed by atoms with Gasteiger partial charge in [0, 0.05) is 30.9 Å². The highest BCUT2D eigenvalue weighted by atomic mass is 32.2. The Balaban J connectivity index is 1.99. The molecule has 0 bridgehead atoms. The lowest BCUT2D eigenvalue weighted by molar-refractivity contribution is 0.766. The van der Waals surface area contributed by atoms with Gasteiger partial charge in [0.1, 0.15) is 5.82 Å². The van der Waals surface area contributed by atoms with Crippen molar-refractivity contribution in [3.05, 3.63) is 36.3 Å². The second-order valence-corrected chi connectivity index (χ2v) is 4.45. The van der Waals surface area contributed by atoms with E-state index in [1.54, 1.807) is 16.4 Å². The SMILES string of the molecule is CNc1cccc(CSc2cnn(C)c2)n1. The first kappa shape index (κ1) is 11.0. The van der Waals surface area contributed by atoms with Gasteiger partial charge in [-0.3, -0.25) is 4.68 Å². The van der Waals surface area contributed by atoms with Gasteiger partial charge in [-0.1, -0.05) is 6.07 Å². The van der Waals surface area contributed by atoms with Gasteiger partial charge in [-0.2, -0.15) is 5.10 Å². The van der Waals surface area contributed by atoms with Gasteiger partial charge in [0.25, 0.3) is 0 Å². The molecule has 0 radical (unpaired) electrons. The van der Waals surface area contributed by atoms with Crippen LogP contribution in [-0.4, -0.2) is 21.8 Å². The van der Waals surface area contributed by atoms with Crippen LogP contribution >= 0.6 is 11.8 Å². The van der Waals surface area contributed by atoms with Crippen LogP contribution in [0, 0.1) is 0 Å². The molecule has 2 aromatic rings. The van der Waals surface area contributed by atoms with E-state index in [9.17, 15) is 0 Å². The van der Waals surface area contributed by atoms with Crippen LogP contribution in [-0.2, 0) is 12.8 Å². The number of hydrogen-bond donors (Lipinski definition) is 1. The molecule has 0 amide bonds. The Morgan fingerprint density at radius 3 is 3.00 bits per heavy atom. The van der Waals surface area contributed by atoms with Gasteiger partial charge in [-0.15, -0.1) is 11.8 Å². The van der Waals surface area contributed by atoms with Crippen molar-refractivity contribution in [2.75, 3.05) is 12.4 Å². The van der Waals surface area contributed by atoms with E-state index in [1.807, 2.05) is 44.7 Å². The van der Waals surface area contributed by atoms with Gasteiger partial charge in [-0.25, -0.2) is 4.98 Å². The Labute approximate surface area is 99.1 Å². The van der Waals surface area contributed by atoms with E-state index >= 15 is 0 Å². The molecule has 5 heteroatoms. The van der Waals surface area contributed by atoms with Gasteiger partial charge < -0.3 is 5.32 Å². The van der Waals surface area contributed by atoms with Gasteiger partial charge in [0.15, 0.2) is 0 Å². The van der Waals surface area contributed by atoms with Crippen molar-refractivity contribution in [2.45, 2.75) is 10.6 Å². The monoisotopic (exact) mass is 234 g/mol. The van der Waals surface area contributed by atoms with Crippen LogP contribution in [0.4, 0.5) is 5.82 Å². The maximum absolute atomic E-state index is 4.45. The zero-order valence-corrected chi connectivity index (χ0v) is 10.2. The highest BCUT2D eigenvalue weighted by Gasteiger charge is 2.00. The molecule has 0 unspecified atom stereocenters. The van der Waals surface area contributed by atoms with Crippen molar-refractivity contribution in [2.24, 2.45) is 7.05 Å². The third kappa shape index (κ3) is 2.76. The van der Waals surface area contributed by atoms with Crippen molar-refractivity contribution >= 4 is 17.6 Å². The maximum atomic E-state index is 4.45. The van der Waals surface area contributed by atoms with E-state index < -0.39 is 0 Å². The summed E-state index contributed by atoms with van der Waals surface area (Å²) < 4.78 is 1.81. The molecule has 0 saturated heterocycles. The molecule has 0 aromatic carbocycles. The highest BCUT2D eigenvalue weighted by Crippen LogP contribution is 2.21. The van der Waals surface area contributed by atoms with E-state index in [0.29, 0.717) is 0 Å². The molecule has 0 spiro atoms. The summed E-state index contributed by atoms with van der Waals surface area (Å²) in [5.74, 6) is 1.77. The molecule has 0 aliphatic carbocycles. The van der Waals surface area contributed by atoms with Crippen molar-refractivity contribution in [1.29, 1.82) is 0 Å². The number of anilines is 1. The van der Waals surface area contributed by atoms with Crippen LogP contribution in [0.5, 0.6) is 0 Å². The lowest BCUT2D eigenvalue weighted by Gasteiger charge is -2.02. The van der Waals surface area contributed by atoms with E-state index in [4.69, 9.17) is 0 Å². The maximum Gasteiger partial charge on any atom is 0.125 e. The Morgan fingerprint density at radius 2 is 2.31 bits per heavy atom. The summed E-state index contributed by atoms with van der Waals surface area (Å²) in [4.78, 5) is 5.62. The van der Waals surface area contributed by atoms with Crippen LogP contribution in [0.15, 0.2) is 35.5 Å². The highest BCUT2D eigenvalue weighted by molar-refractivity contribution is 7.98. The Morgan fingerprint density at radius 1 is 1.44 bits per heavy atom. The first-order chi connectivity index (χ1) is 7.78. The lowest BCUT2D eigenvalue weighted by Crippen LogP contribution is -1.94. The second kappa shape index (κ2) is 5.03. The number of rotatable bonds is 4. The minimum Gasteiger partial charge on any atom is -0.373 e. The third-order valence-corrected chi connectivity index (χ3v) is 3.12. The second-order valence-electron chi connectivity index (χ2n) is 3.40. The summed E-state index contributed by atoms with van der Waals surface area (Å²) in [6.45, 7) is 0. The molecule has 2 heterocycles. The third-order valence-electron chi connectivity index (χ3n) is 2.13. The zero-order chi connectivity index (χ0) is 11.4. The molecule has 1 N–H and O–H groups in total. The van der Waals surface area contributed by atoms with Gasteiger partial charge in [-0.05, 0) is 12.1 Å². The summed E-state index contributed by atoms with van der Waals surface area (Å²) in [6, 6.07) is 6.00. The van der Waals surface area contributed by atoms with Crippen molar-refractivity contribution in [3.63, 3.8) is 0 Å². The van der Waals surface area contributed by atoms with Crippen LogP contribution in [0.3, 0.4) is 0 Å². The number of aryl methyl sites for hydroxylation is 1. The quantitative estimate of drug-likeness (QED) is 0.823. The standard InChI is InChI=1S/C11H14N4S/c1-12-11-5-3-4-9(14-11)8-16-10-6-13-15(2)7-10/h3-7H,8H2,1-2H3,(H,12,14). The normalized spacial score (nSPS) is 10.4. The fourth-order valence-electron chi connectivity index (χ4n) is 1.33. The topological polar surface area (TPSA) is 42.7 Å². The fourth-order valence-corrected chi connectivity index (χ4v) is 2.15. The molecule has 0 saturated carbocycles.